The van der Waals surface area contributed by atoms with Gasteiger partial charge < -0.3 is 15.0 Å². The normalized spacial score (nSPS) is 16.2. The number of amides is 1. The number of hydrogen-bond acceptors (Lipinski definition) is 4. The van der Waals surface area contributed by atoms with Crippen LogP contribution in [0.25, 0.3) is 21.7 Å². The highest BCUT2D eigenvalue weighted by molar-refractivity contribution is 7.90. The van der Waals surface area contributed by atoms with E-state index in [1.54, 1.807) is 29.2 Å². The number of aromatic amines is 1. The smallest absolute Gasteiger partial charge is 0.274 e. The molecular formula is C23H19ClN2O4S. The van der Waals surface area contributed by atoms with Crippen molar-refractivity contribution >= 4 is 54.7 Å². The van der Waals surface area contributed by atoms with E-state index in [0.717, 1.165) is 22.6 Å². The van der Waals surface area contributed by atoms with Crippen LogP contribution in [0.1, 0.15) is 22.0 Å². The number of carbonyl (C=O) groups is 1. The monoisotopic (exact) mass is 454 g/mol. The largest absolute Gasteiger partial charge is 0.507 e. The second-order valence-corrected chi connectivity index (χ2v) is 10.2. The third kappa shape index (κ3) is 3.16. The molecule has 2 heterocycles. The molecule has 2 N–H and O–H groups in total. The van der Waals surface area contributed by atoms with Gasteiger partial charge in [-0.3, -0.25) is 4.79 Å². The molecule has 1 amide bonds. The van der Waals surface area contributed by atoms with Gasteiger partial charge in [-0.15, -0.1) is 11.6 Å². The number of fused-ring (bicyclic) bond motifs is 4. The fraction of sp³-hybridized carbons (Fsp3) is 0.174. The first-order chi connectivity index (χ1) is 14.8. The number of hydrogen-bond donors (Lipinski definition) is 2. The quantitative estimate of drug-likeness (QED) is 0.448. The highest BCUT2D eigenvalue weighted by Gasteiger charge is 2.35. The van der Waals surface area contributed by atoms with E-state index in [0.29, 0.717) is 34.7 Å². The van der Waals surface area contributed by atoms with Crippen LogP contribution in [-0.2, 0) is 9.84 Å². The Bertz CT molecular complexity index is 1480. The number of halogens is 1. The predicted octanol–water partition coefficient (Wildman–Crippen LogP) is 4.41. The van der Waals surface area contributed by atoms with Gasteiger partial charge in [-0.2, -0.15) is 0 Å². The Morgan fingerprint density at radius 3 is 2.61 bits per heavy atom. The summed E-state index contributed by atoms with van der Waals surface area (Å²) in [6.45, 7) is 0.398. The number of anilines is 1. The molecule has 0 bridgehead atoms. The second-order valence-electron chi connectivity index (χ2n) is 7.85. The van der Waals surface area contributed by atoms with E-state index in [2.05, 4.69) is 4.98 Å². The third-order valence-electron chi connectivity index (χ3n) is 5.83. The van der Waals surface area contributed by atoms with E-state index >= 15 is 0 Å². The van der Waals surface area contributed by atoms with E-state index in [1.807, 2.05) is 24.3 Å². The Morgan fingerprint density at radius 1 is 1.16 bits per heavy atom. The van der Waals surface area contributed by atoms with Gasteiger partial charge in [0.15, 0.2) is 9.84 Å². The first kappa shape index (κ1) is 19.9. The maximum absolute atomic E-state index is 13.4. The number of rotatable bonds is 3. The summed E-state index contributed by atoms with van der Waals surface area (Å²) in [5.74, 6) is 0.125. The number of nitrogens with zero attached hydrogens (tertiary/aromatic N) is 1. The van der Waals surface area contributed by atoms with E-state index < -0.39 is 9.84 Å². The molecule has 0 saturated heterocycles. The summed E-state index contributed by atoms with van der Waals surface area (Å²) in [5.41, 5.74) is 2.61. The summed E-state index contributed by atoms with van der Waals surface area (Å²) in [4.78, 5) is 18.3. The Hall–Kier alpha value is -3.03. The number of aromatic nitrogens is 1. The van der Waals surface area contributed by atoms with E-state index in [1.165, 1.54) is 6.07 Å². The molecule has 0 spiro atoms. The molecule has 5 rings (SSSR count). The summed E-state index contributed by atoms with van der Waals surface area (Å²) in [6, 6.07) is 15.5. The van der Waals surface area contributed by atoms with E-state index in [-0.39, 0.29) is 22.5 Å². The summed E-state index contributed by atoms with van der Waals surface area (Å²) >= 11 is 6.25. The lowest BCUT2D eigenvalue weighted by Gasteiger charge is -2.17. The van der Waals surface area contributed by atoms with Crippen molar-refractivity contribution in [3.63, 3.8) is 0 Å². The fourth-order valence-electron chi connectivity index (χ4n) is 4.35. The standard InChI is InChI=1S/C23H19ClN2O4S/c1-31(29,30)15-6-7-18-13(8-15)9-19(25-18)23(28)26-12-14(11-24)22-17-5-3-2-4-16(17)21(27)10-20(22)26/h2-10,14,25,27H,11-12H2,1H3. The Kier molecular flexibility index (Phi) is 4.50. The molecule has 1 unspecified atom stereocenters. The van der Waals surface area contributed by atoms with Crippen LogP contribution in [0.5, 0.6) is 5.75 Å². The zero-order chi connectivity index (χ0) is 21.9. The second kappa shape index (κ2) is 7.00. The number of alkyl halides is 1. The Balaban J connectivity index is 1.61. The molecule has 1 aromatic heterocycles. The molecule has 1 aliphatic rings. The minimum absolute atomic E-state index is 0.0627. The molecule has 3 aromatic carbocycles. The zero-order valence-corrected chi connectivity index (χ0v) is 18.2. The molecule has 0 fully saturated rings. The molecule has 1 atom stereocenters. The number of carbonyl (C=O) groups excluding carboxylic acids is 1. The molecule has 0 radical (unpaired) electrons. The number of aromatic hydroxyl groups is 1. The minimum atomic E-state index is -3.35. The van der Waals surface area contributed by atoms with Crippen molar-refractivity contribution in [2.45, 2.75) is 10.8 Å². The molecule has 4 aromatic rings. The van der Waals surface area contributed by atoms with Gasteiger partial charge in [0.25, 0.3) is 5.91 Å². The lowest BCUT2D eigenvalue weighted by molar-refractivity contribution is 0.0984. The molecule has 158 valence electrons. The average molecular weight is 455 g/mol. The first-order valence-corrected chi connectivity index (χ1v) is 12.2. The SMILES string of the molecule is CS(=O)(=O)c1ccc2[nH]c(C(=O)N3CC(CCl)c4c3cc(O)c3ccccc43)cc2c1. The lowest BCUT2D eigenvalue weighted by Crippen LogP contribution is -2.30. The van der Waals surface area contributed by atoms with Crippen molar-refractivity contribution in [3.05, 3.63) is 65.9 Å². The maximum atomic E-state index is 13.4. The number of nitrogens with one attached hydrogen (secondary N) is 1. The van der Waals surface area contributed by atoms with Gasteiger partial charge in [-0.1, -0.05) is 24.3 Å². The van der Waals surface area contributed by atoms with Crippen molar-refractivity contribution in [2.24, 2.45) is 0 Å². The number of sulfone groups is 1. The molecule has 31 heavy (non-hydrogen) atoms. The van der Waals surface area contributed by atoms with Crippen molar-refractivity contribution < 1.29 is 18.3 Å². The Labute approximate surface area is 184 Å². The molecule has 1 aliphatic heterocycles. The maximum Gasteiger partial charge on any atom is 0.274 e. The molecular weight excluding hydrogens is 436 g/mol. The van der Waals surface area contributed by atoms with E-state index in [9.17, 15) is 18.3 Å². The molecule has 0 aliphatic carbocycles. The van der Waals surface area contributed by atoms with Crippen molar-refractivity contribution in [1.82, 2.24) is 4.98 Å². The number of phenols is 1. The van der Waals surface area contributed by atoms with Crippen LogP contribution < -0.4 is 4.90 Å². The van der Waals surface area contributed by atoms with E-state index in [4.69, 9.17) is 11.6 Å². The predicted molar refractivity (Wildman–Crippen MR) is 122 cm³/mol. The highest BCUT2D eigenvalue weighted by atomic mass is 35.5. The van der Waals surface area contributed by atoms with Gasteiger partial charge in [0.2, 0.25) is 0 Å². The summed E-state index contributed by atoms with van der Waals surface area (Å²) in [5, 5.41) is 12.8. The van der Waals surface area contributed by atoms with Gasteiger partial charge >= 0.3 is 0 Å². The van der Waals surface area contributed by atoms with Gasteiger partial charge in [0.05, 0.1) is 10.6 Å². The van der Waals surface area contributed by atoms with Crippen LogP contribution in [0.3, 0.4) is 0 Å². The van der Waals surface area contributed by atoms with Crippen LogP contribution >= 0.6 is 11.6 Å². The number of benzene rings is 3. The Morgan fingerprint density at radius 2 is 1.90 bits per heavy atom. The number of phenolic OH excluding ortho intramolecular Hbond substituents is 1. The zero-order valence-electron chi connectivity index (χ0n) is 16.6. The number of H-pyrrole nitrogens is 1. The van der Waals surface area contributed by atoms with Crippen molar-refractivity contribution in [2.75, 3.05) is 23.6 Å². The van der Waals surface area contributed by atoms with Crippen LogP contribution in [0.15, 0.2) is 59.5 Å². The molecule has 6 nitrogen and oxygen atoms in total. The minimum Gasteiger partial charge on any atom is -0.507 e. The van der Waals surface area contributed by atoms with Gasteiger partial charge in [0, 0.05) is 47.0 Å². The van der Waals surface area contributed by atoms with Crippen LogP contribution in [0, 0.1) is 0 Å². The average Bonchev–Trinajstić information content (AvgIpc) is 3.33. The molecule has 8 heteroatoms. The summed E-state index contributed by atoms with van der Waals surface area (Å²) < 4.78 is 23.7. The summed E-state index contributed by atoms with van der Waals surface area (Å²) in [6.07, 6.45) is 1.15. The van der Waals surface area contributed by atoms with Gasteiger partial charge in [-0.25, -0.2) is 8.42 Å². The van der Waals surface area contributed by atoms with Gasteiger partial charge in [-0.05, 0) is 35.2 Å². The molecule has 0 saturated carbocycles. The fourth-order valence-corrected chi connectivity index (χ4v) is 5.26. The highest BCUT2D eigenvalue weighted by Crippen LogP contribution is 2.45. The lowest BCUT2D eigenvalue weighted by atomic mass is 9.95. The topological polar surface area (TPSA) is 90.5 Å². The van der Waals surface area contributed by atoms with Crippen LogP contribution in [-0.4, -0.2) is 43.1 Å². The van der Waals surface area contributed by atoms with Crippen LogP contribution in [0.2, 0.25) is 0 Å². The third-order valence-corrected chi connectivity index (χ3v) is 7.31. The van der Waals surface area contributed by atoms with Gasteiger partial charge in [0.1, 0.15) is 11.4 Å². The van der Waals surface area contributed by atoms with Crippen LogP contribution in [0.4, 0.5) is 5.69 Å². The van der Waals surface area contributed by atoms with Crippen molar-refractivity contribution in [3.8, 4) is 5.75 Å². The van der Waals surface area contributed by atoms with Crippen molar-refractivity contribution in [1.29, 1.82) is 0 Å². The first-order valence-electron chi connectivity index (χ1n) is 9.73. The summed E-state index contributed by atoms with van der Waals surface area (Å²) in [7, 11) is -3.35.